The first-order chi connectivity index (χ1) is 16.2. The Labute approximate surface area is 200 Å². The molecule has 0 radical (unpaired) electrons. The summed E-state index contributed by atoms with van der Waals surface area (Å²) in [6.45, 7) is 2.24. The number of hydrogen-bond donors (Lipinski definition) is 1. The quantitative estimate of drug-likeness (QED) is 0.248. The molecule has 0 bridgehead atoms. The first kappa shape index (κ1) is 25.2. The number of rotatable bonds is 13. The molecule has 0 unspecified atom stereocenters. The maximum absolute atomic E-state index is 10.5. The van der Waals surface area contributed by atoms with Crippen molar-refractivity contribution in [3.8, 4) is 11.3 Å². The number of aromatic nitrogens is 1. The minimum Gasteiger partial charge on any atom is -0.478 e. The zero-order chi connectivity index (χ0) is 23.3. The molecule has 0 spiro atoms. The first-order valence-electron chi connectivity index (χ1n) is 13.1. The van der Waals surface area contributed by atoms with E-state index in [0.717, 1.165) is 30.9 Å². The molecule has 1 N–H and O–H groups in total. The number of carboxylic acids is 1. The molecule has 1 fully saturated rings. The van der Waals surface area contributed by atoms with Crippen LogP contribution in [0.15, 0.2) is 54.7 Å². The van der Waals surface area contributed by atoms with Crippen molar-refractivity contribution in [2.75, 3.05) is 0 Å². The van der Waals surface area contributed by atoms with Gasteiger partial charge >= 0.3 is 5.97 Å². The molecule has 0 amide bonds. The van der Waals surface area contributed by atoms with Crippen LogP contribution in [0.5, 0.6) is 0 Å². The normalized spacial score (nSPS) is 18.6. The molecule has 1 heterocycles. The second-order valence-electron chi connectivity index (χ2n) is 9.73. The smallest absolute Gasteiger partial charge is 0.327 e. The van der Waals surface area contributed by atoms with Crippen LogP contribution in [-0.4, -0.2) is 16.1 Å². The number of carboxylic acid groups (broad SMARTS) is 1. The Balaban J connectivity index is 1.38. The second-order valence-corrected chi connectivity index (χ2v) is 9.73. The standard InChI is InChI=1S/C30H41NO2/c1-2-3-7-11-25-15-22-29(31-23-25)28-20-18-27(19-21-28)26-16-13-24(14-17-26)10-8-5-4-6-9-12-30(32)33/h9,12,15,18-24,26H,2-8,10-11,13-14,16-17H2,1H3,(H,32,33)/b12-9+/t24-,26-. The van der Waals surface area contributed by atoms with Gasteiger partial charge in [-0.2, -0.15) is 0 Å². The minimum atomic E-state index is -0.843. The monoisotopic (exact) mass is 447 g/mol. The fraction of sp³-hybridized carbons (Fsp3) is 0.533. The number of nitrogens with zero attached hydrogens (tertiary/aromatic N) is 1. The summed E-state index contributed by atoms with van der Waals surface area (Å²) in [5, 5.41) is 8.61. The van der Waals surface area contributed by atoms with E-state index in [-0.39, 0.29) is 0 Å². The molecule has 0 saturated heterocycles. The molecule has 178 valence electrons. The highest BCUT2D eigenvalue weighted by Crippen LogP contribution is 2.38. The Morgan fingerprint density at radius 1 is 0.970 bits per heavy atom. The van der Waals surface area contributed by atoms with Crippen LogP contribution < -0.4 is 0 Å². The van der Waals surface area contributed by atoms with E-state index in [2.05, 4.69) is 43.3 Å². The van der Waals surface area contributed by atoms with Crippen molar-refractivity contribution in [2.45, 2.75) is 96.3 Å². The molecular formula is C30H41NO2. The lowest BCUT2D eigenvalue weighted by molar-refractivity contribution is -0.131. The van der Waals surface area contributed by atoms with Gasteiger partial charge in [-0.05, 0) is 80.4 Å². The number of aryl methyl sites for hydroxylation is 1. The number of unbranched alkanes of at least 4 members (excludes halogenated alkanes) is 5. The van der Waals surface area contributed by atoms with Crippen LogP contribution >= 0.6 is 0 Å². The van der Waals surface area contributed by atoms with Gasteiger partial charge in [-0.15, -0.1) is 0 Å². The fourth-order valence-corrected chi connectivity index (χ4v) is 5.09. The molecule has 1 aromatic heterocycles. The van der Waals surface area contributed by atoms with E-state index >= 15 is 0 Å². The van der Waals surface area contributed by atoms with Crippen molar-refractivity contribution >= 4 is 5.97 Å². The molecule has 3 nitrogen and oxygen atoms in total. The number of carbonyl (C=O) groups is 1. The van der Waals surface area contributed by atoms with Crippen molar-refractivity contribution < 1.29 is 9.90 Å². The Hall–Kier alpha value is -2.42. The predicted molar refractivity (Wildman–Crippen MR) is 137 cm³/mol. The van der Waals surface area contributed by atoms with Crippen LogP contribution in [0.1, 0.15) is 101 Å². The highest BCUT2D eigenvalue weighted by atomic mass is 16.4. The summed E-state index contributed by atoms with van der Waals surface area (Å²) in [5.74, 6) is 0.727. The summed E-state index contributed by atoms with van der Waals surface area (Å²) in [7, 11) is 0. The number of aliphatic carboxylic acids is 1. The molecule has 3 rings (SSSR count). The highest BCUT2D eigenvalue weighted by Gasteiger charge is 2.22. The van der Waals surface area contributed by atoms with Gasteiger partial charge in [0.25, 0.3) is 0 Å². The minimum absolute atomic E-state index is 0.699. The molecular weight excluding hydrogens is 406 g/mol. The number of allylic oxidation sites excluding steroid dienone is 1. The fourth-order valence-electron chi connectivity index (χ4n) is 5.09. The Morgan fingerprint density at radius 2 is 1.76 bits per heavy atom. The molecule has 0 atom stereocenters. The van der Waals surface area contributed by atoms with Crippen LogP contribution in [0.4, 0.5) is 0 Å². The van der Waals surface area contributed by atoms with Crippen LogP contribution in [-0.2, 0) is 11.2 Å². The largest absolute Gasteiger partial charge is 0.478 e. The SMILES string of the molecule is CCCCCc1ccc(-c2ccc([C@H]3CC[C@H](CCCCC/C=C/C(=O)O)CC3)cc2)nc1. The van der Waals surface area contributed by atoms with Crippen LogP contribution in [0.2, 0.25) is 0 Å². The highest BCUT2D eigenvalue weighted by molar-refractivity contribution is 5.79. The lowest BCUT2D eigenvalue weighted by atomic mass is 9.77. The van der Waals surface area contributed by atoms with E-state index < -0.39 is 5.97 Å². The van der Waals surface area contributed by atoms with Gasteiger partial charge in [0.15, 0.2) is 0 Å². The van der Waals surface area contributed by atoms with E-state index in [1.165, 1.54) is 87.0 Å². The molecule has 1 aliphatic rings. The van der Waals surface area contributed by atoms with Crippen LogP contribution in [0, 0.1) is 5.92 Å². The Bertz CT molecular complexity index is 846. The van der Waals surface area contributed by atoms with Gasteiger partial charge in [-0.1, -0.05) is 75.4 Å². The third-order valence-electron chi connectivity index (χ3n) is 7.16. The van der Waals surface area contributed by atoms with Gasteiger partial charge in [-0.25, -0.2) is 4.79 Å². The Kier molecular flexibility index (Phi) is 10.7. The van der Waals surface area contributed by atoms with Gasteiger partial charge in [-0.3, -0.25) is 4.98 Å². The third kappa shape index (κ3) is 8.79. The van der Waals surface area contributed by atoms with Gasteiger partial charge in [0.05, 0.1) is 5.69 Å². The zero-order valence-corrected chi connectivity index (χ0v) is 20.3. The van der Waals surface area contributed by atoms with E-state index in [0.29, 0.717) is 5.92 Å². The van der Waals surface area contributed by atoms with Gasteiger partial charge in [0.1, 0.15) is 0 Å². The molecule has 0 aliphatic heterocycles. The lowest BCUT2D eigenvalue weighted by Gasteiger charge is -2.29. The molecule has 33 heavy (non-hydrogen) atoms. The van der Waals surface area contributed by atoms with E-state index in [1.807, 2.05) is 6.20 Å². The number of pyridine rings is 1. The maximum atomic E-state index is 10.5. The van der Waals surface area contributed by atoms with E-state index in [1.54, 1.807) is 6.08 Å². The average Bonchev–Trinajstić information content (AvgIpc) is 2.84. The van der Waals surface area contributed by atoms with Crippen molar-refractivity contribution in [1.29, 1.82) is 0 Å². The molecule has 2 aromatic rings. The zero-order valence-electron chi connectivity index (χ0n) is 20.3. The molecule has 1 saturated carbocycles. The van der Waals surface area contributed by atoms with Gasteiger partial charge in [0.2, 0.25) is 0 Å². The molecule has 1 aliphatic carbocycles. The number of hydrogen-bond acceptors (Lipinski definition) is 2. The summed E-state index contributed by atoms with van der Waals surface area (Å²) in [5.41, 5.74) is 5.11. The second kappa shape index (κ2) is 14.0. The van der Waals surface area contributed by atoms with Crippen molar-refractivity contribution in [3.05, 3.63) is 65.9 Å². The van der Waals surface area contributed by atoms with Gasteiger partial charge in [0, 0.05) is 17.8 Å². The summed E-state index contributed by atoms with van der Waals surface area (Å²) in [6, 6.07) is 13.5. The third-order valence-corrected chi connectivity index (χ3v) is 7.16. The van der Waals surface area contributed by atoms with E-state index in [4.69, 9.17) is 10.1 Å². The molecule has 1 aromatic carbocycles. The molecule has 3 heteroatoms. The topological polar surface area (TPSA) is 50.2 Å². The summed E-state index contributed by atoms with van der Waals surface area (Å²) >= 11 is 0. The van der Waals surface area contributed by atoms with Crippen LogP contribution in [0.25, 0.3) is 11.3 Å². The van der Waals surface area contributed by atoms with Crippen LogP contribution in [0.3, 0.4) is 0 Å². The van der Waals surface area contributed by atoms with Gasteiger partial charge < -0.3 is 5.11 Å². The summed E-state index contributed by atoms with van der Waals surface area (Å²) < 4.78 is 0. The summed E-state index contributed by atoms with van der Waals surface area (Å²) in [6.07, 6.45) is 21.1. The van der Waals surface area contributed by atoms with E-state index in [9.17, 15) is 4.79 Å². The van der Waals surface area contributed by atoms with Crippen molar-refractivity contribution in [2.24, 2.45) is 5.92 Å². The average molecular weight is 448 g/mol. The number of benzene rings is 1. The predicted octanol–water partition coefficient (Wildman–Crippen LogP) is 8.35. The maximum Gasteiger partial charge on any atom is 0.327 e. The van der Waals surface area contributed by atoms with Crippen molar-refractivity contribution in [3.63, 3.8) is 0 Å². The Morgan fingerprint density at radius 3 is 2.42 bits per heavy atom. The lowest BCUT2D eigenvalue weighted by Crippen LogP contribution is -2.13. The van der Waals surface area contributed by atoms with Crippen molar-refractivity contribution in [1.82, 2.24) is 4.98 Å². The summed E-state index contributed by atoms with van der Waals surface area (Å²) in [4.78, 5) is 15.2. The first-order valence-corrected chi connectivity index (χ1v) is 13.1.